The fourth-order valence-electron chi connectivity index (χ4n) is 2.22. The van der Waals surface area contributed by atoms with Gasteiger partial charge in [-0.2, -0.15) is 0 Å². The second-order valence-electron chi connectivity index (χ2n) is 4.56. The van der Waals surface area contributed by atoms with E-state index in [0.29, 0.717) is 36.3 Å². The van der Waals surface area contributed by atoms with Crippen LogP contribution in [-0.4, -0.2) is 29.1 Å². The van der Waals surface area contributed by atoms with Crippen LogP contribution in [0.4, 0.5) is 0 Å². The van der Waals surface area contributed by atoms with Crippen LogP contribution in [0.3, 0.4) is 0 Å². The number of hydrogen-bond acceptors (Lipinski definition) is 4. The van der Waals surface area contributed by atoms with E-state index in [-0.39, 0.29) is 11.8 Å². The molecule has 0 saturated heterocycles. The molecule has 0 unspecified atom stereocenters. The van der Waals surface area contributed by atoms with Gasteiger partial charge in [0.05, 0.1) is 10.9 Å². The van der Waals surface area contributed by atoms with Crippen molar-refractivity contribution < 1.29 is 9.47 Å². The van der Waals surface area contributed by atoms with Gasteiger partial charge in [-0.15, -0.1) is 0 Å². The zero-order chi connectivity index (χ0) is 15.2. The fourth-order valence-corrected chi connectivity index (χ4v) is 2.51. The summed E-state index contributed by atoms with van der Waals surface area (Å²) in [6.07, 6.45) is 0.269. The maximum Gasteiger partial charge on any atom is 0.262 e. The molecule has 5 nitrogen and oxygen atoms in total. The number of H-pyrrole nitrogens is 1. The molecule has 0 aliphatic rings. The molecular formula is C15H20N2O3S. The van der Waals surface area contributed by atoms with Crippen molar-refractivity contribution in [1.29, 1.82) is 0 Å². The standard InChI is InChI=1S/C15H20N2O3S/c1-3-19-13(20-4-2)9-10-17-14(18)11-7-5-6-8-12(11)16-15(17)21/h5-8,13H,3-4,9-10H2,1-2H3,(H,16,21). The fraction of sp³-hybridized carbons (Fsp3) is 0.467. The summed E-state index contributed by atoms with van der Waals surface area (Å²) >= 11 is 5.27. The highest BCUT2D eigenvalue weighted by Gasteiger charge is 2.11. The first-order chi connectivity index (χ1) is 10.2. The highest BCUT2D eigenvalue weighted by Crippen LogP contribution is 2.08. The predicted molar refractivity (Wildman–Crippen MR) is 85.0 cm³/mol. The number of para-hydroxylation sites is 1. The Kier molecular flexibility index (Phi) is 5.67. The van der Waals surface area contributed by atoms with Gasteiger partial charge >= 0.3 is 0 Å². The summed E-state index contributed by atoms with van der Waals surface area (Å²) in [6.45, 7) is 5.44. The zero-order valence-electron chi connectivity index (χ0n) is 12.3. The molecule has 6 heteroatoms. The second-order valence-corrected chi connectivity index (χ2v) is 4.95. The summed E-state index contributed by atoms with van der Waals surface area (Å²) in [4.78, 5) is 15.6. The average Bonchev–Trinajstić information content (AvgIpc) is 2.47. The van der Waals surface area contributed by atoms with Crippen LogP contribution in [0.5, 0.6) is 0 Å². The largest absolute Gasteiger partial charge is 0.353 e. The molecule has 1 aromatic carbocycles. The lowest BCUT2D eigenvalue weighted by molar-refractivity contribution is -0.141. The number of rotatable bonds is 7. The van der Waals surface area contributed by atoms with E-state index in [4.69, 9.17) is 21.7 Å². The number of aromatic nitrogens is 2. The van der Waals surface area contributed by atoms with Crippen LogP contribution in [0.2, 0.25) is 0 Å². The van der Waals surface area contributed by atoms with Crippen molar-refractivity contribution in [3.05, 3.63) is 39.4 Å². The molecule has 0 fully saturated rings. The van der Waals surface area contributed by atoms with E-state index >= 15 is 0 Å². The van der Waals surface area contributed by atoms with E-state index in [2.05, 4.69) is 4.98 Å². The van der Waals surface area contributed by atoms with Crippen molar-refractivity contribution in [3.63, 3.8) is 0 Å². The Labute approximate surface area is 128 Å². The van der Waals surface area contributed by atoms with Crippen molar-refractivity contribution in [1.82, 2.24) is 9.55 Å². The minimum absolute atomic E-state index is 0.0823. The Balaban J connectivity index is 2.26. The smallest absolute Gasteiger partial charge is 0.262 e. The highest BCUT2D eigenvalue weighted by atomic mass is 32.1. The third-order valence-electron chi connectivity index (χ3n) is 3.18. The van der Waals surface area contributed by atoms with Gasteiger partial charge in [-0.25, -0.2) is 0 Å². The van der Waals surface area contributed by atoms with Gasteiger partial charge in [-0.1, -0.05) is 12.1 Å². The van der Waals surface area contributed by atoms with Crippen molar-refractivity contribution >= 4 is 23.1 Å². The van der Waals surface area contributed by atoms with Gasteiger partial charge in [0.15, 0.2) is 11.1 Å². The summed E-state index contributed by atoms with van der Waals surface area (Å²) in [7, 11) is 0. The molecule has 1 N–H and O–H groups in total. The molecule has 114 valence electrons. The molecule has 0 spiro atoms. The molecule has 0 amide bonds. The third kappa shape index (κ3) is 3.78. The Hall–Kier alpha value is -1.50. The van der Waals surface area contributed by atoms with Crippen LogP contribution in [0.15, 0.2) is 29.1 Å². The molecule has 1 aromatic heterocycles. The number of nitrogens with zero attached hydrogens (tertiary/aromatic N) is 1. The van der Waals surface area contributed by atoms with Crippen molar-refractivity contribution in [2.45, 2.75) is 33.1 Å². The molecule has 0 radical (unpaired) electrons. The third-order valence-corrected chi connectivity index (χ3v) is 3.51. The van der Waals surface area contributed by atoms with Gasteiger partial charge in [-0.05, 0) is 38.2 Å². The van der Waals surface area contributed by atoms with Gasteiger partial charge in [0.1, 0.15) is 0 Å². The molecule has 0 atom stereocenters. The minimum atomic E-state index is -0.312. The first kappa shape index (κ1) is 15.9. The van der Waals surface area contributed by atoms with Gasteiger partial charge in [0, 0.05) is 26.2 Å². The summed E-state index contributed by atoms with van der Waals surface area (Å²) in [6, 6.07) is 7.35. The van der Waals surface area contributed by atoms with E-state index in [9.17, 15) is 4.79 Å². The maximum absolute atomic E-state index is 12.5. The molecule has 1 heterocycles. The van der Waals surface area contributed by atoms with Crippen LogP contribution in [0.1, 0.15) is 20.3 Å². The maximum atomic E-state index is 12.5. The van der Waals surface area contributed by atoms with Gasteiger partial charge in [-0.3, -0.25) is 9.36 Å². The summed E-state index contributed by atoms with van der Waals surface area (Å²) < 4.78 is 13.0. The number of aromatic amines is 1. The summed E-state index contributed by atoms with van der Waals surface area (Å²) in [5, 5.41) is 0.635. The molecule has 21 heavy (non-hydrogen) atoms. The molecule has 2 aromatic rings. The first-order valence-corrected chi connectivity index (χ1v) is 7.53. The Morgan fingerprint density at radius 1 is 1.24 bits per heavy atom. The number of benzene rings is 1. The lowest BCUT2D eigenvalue weighted by Crippen LogP contribution is -2.26. The summed E-state index contributed by atoms with van der Waals surface area (Å²) in [5.74, 6) is 0. The van der Waals surface area contributed by atoms with Crippen molar-refractivity contribution in [3.8, 4) is 0 Å². The Bertz CT molecular complexity index is 702. The number of ether oxygens (including phenoxy) is 2. The Morgan fingerprint density at radius 3 is 2.57 bits per heavy atom. The lowest BCUT2D eigenvalue weighted by Gasteiger charge is -2.17. The molecule has 0 saturated carbocycles. The highest BCUT2D eigenvalue weighted by molar-refractivity contribution is 7.71. The number of nitrogens with one attached hydrogen (secondary N) is 1. The topological polar surface area (TPSA) is 56.2 Å². The van der Waals surface area contributed by atoms with E-state index in [1.165, 1.54) is 0 Å². The second kappa shape index (κ2) is 7.49. The minimum Gasteiger partial charge on any atom is -0.353 e. The van der Waals surface area contributed by atoms with Crippen LogP contribution in [-0.2, 0) is 16.0 Å². The Morgan fingerprint density at radius 2 is 1.90 bits per heavy atom. The van der Waals surface area contributed by atoms with E-state index < -0.39 is 0 Å². The molecule has 2 rings (SSSR count). The summed E-state index contributed by atoms with van der Waals surface area (Å²) in [5.41, 5.74) is 0.677. The number of fused-ring (bicyclic) bond motifs is 1. The zero-order valence-corrected chi connectivity index (χ0v) is 13.1. The predicted octanol–water partition coefficient (Wildman–Crippen LogP) is 2.85. The molecule has 0 bridgehead atoms. The SMILES string of the molecule is CCOC(CCn1c(=S)[nH]c2ccccc2c1=O)OCC. The quantitative estimate of drug-likeness (QED) is 0.631. The lowest BCUT2D eigenvalue weighted by atomic mass is 10.2. The van der Waals surface area contributed by atoms with Crippen molar-refractivity contribution in [2.75, 3.05) is 13.2 Å². The van der Waals surface area contributed by atoms with Crippen LogP contribution in [0, 0.1) is 4.77 Å². The van der Waals surface area contributed by atoms with E-state index in [0.717, 1.165) is 5.52 Å². The van der Waals surface area contributed by atoms with Gasteiger partial charge in [0.25, 0.3) is 5.56 Å². The normalized spacial score (nSPS) is 11.4. The van der Waals surface area contributed by atoms with Crippen LogP contribution >= 0.6 is 12.2 Å². The van der Waals surface area contributed by atoms with Crippen LogP contribution < -0.4 is 5.56 Å². The van der Waals surface area contributed by atoms with E-state index in [1.54, 1.807) is 10.6 Å². The molecule has 0 aliphatic heterocycles. The average molecular weight is 308 g/mol. The molecular weight excluding hydrogens is 288 g/mol. The van der Waals surface area contributed by atoms with Crippen LogP contribution in [0.25, 0.3) is 10.9 Å². The molecule has 0 aliphatic carbocycles. The van der Waals surface area contributed by atoms with Crippen molar-refractivity contribution in [2.24, 2.45) is 0 Å². The van der Waals surface area contributed by atoms with E-state index in [1.807, 2.05) is 32.0 Å². The van der Waals surface area contributed by atoms with Gasteiger partial charge < -0.3 is 14.5 Å². The first-order valence-electron chi connectivity index (χ1n) is 7.12. The van der Waals surface area contributed by atoms with Gasteiger partial charge in [0.2, 0.25) is 0 Å². The number of hydrogen-bond donors (Lipinski definition) is 1. The monoisotopic (exact) mass is 308 g/mol.